The minimum atomic E-state index is -0.973. The van der Waals surface area contributed by atoms with Crippen molar-refractivity contribution in [2.24, 2.45) is 0 Å². The van der Waals surface area contributed by atoms with Gasteiger partial charge in [0, 0.05) is 12.8 Å². The van der Waals surface area contributed by atoms with Crippen LogP contribution in [0.5, 0.6) is 0 Å². The van der Waals surface area contributed by atoms with Crippen molar-refractivity contribution in [2.75, 3.05) is 7.11 Å². The van der Waals surface area contributed by atoms with E-state index in [1.807, 2.05) is 0 Å². The van der Waals surface area contributed by atoms with E-state index in [4.69, 9.17) is 4.74 Å². The number of esters is 1. The van der Waals surface area contributed by atoms with Gasteiger partial charge in [0.15, 0.2) is 6.04 Å². The first-order valence-corrected chi connectivity index (χ1v) is 5.63. The number of carbonyl (C=O) groups is 3. The fraction of sp³-hybridized carbons (Fsp3) is 0.308. The standard InChI is InChI=1S/C13H13NO4/c1-18-13(17)12(9-5-3-2-4-6-9)14-10(15)7-8-11(14)16/h2-6,12H,7-8H2,1H3/t12-/m1/s1. The van der Waals surface area contributed by atoms with Gasteiger partial charge in [-0.15, -0.1) is 0 Å². The highest BCUT2D eigenvalue weighted by Crippen LogP contribution is 2.27. The number of hydrogen-bond donors (Lipinski definition) is 0. The van der Waals surface area contributed by atoms with Gasteiger partial charge in [0.05, 0.1) is 7.11 Å². The van der Waals surface area contributed by atoms with Crippen LogP contribution in [-0.2, 0) is 19.1 Å². The van der Waals surface area contributed by atoms with Crippen molar-refractivity contribution in [1.29, 1.82) is 0 Å². The molecule has 5 nitrogen and oxygen atoms in total. The molecule has 0 unspecified atom stereocenters. The Morgan fingerprint density at radius 3 is 2.22 bits per heavy atom. The molecule has 0 aromatic heterocycles. The van der Waals surface area contributed by atoms with Crippen molar-refractivity contribution in [1.82, 2.24) is 4.90 Å². The third-order valence-electron chi connectivity index (χ3n) is 2.89. The number of rotatable bonds is 3. The number of methoxy groups -OCH3 is 1. The van der Waals surface area contributed by atoms with Gasteiger partial charge in [-0.3, -0.25) is 14.5 Å². The second-order valence-electron chi connectivity index (χ2n) is 3.99. The number of hydrogen-bond acceptors (Lipinski definition) is 4. The van der Waals surface area contributed by atoms with E-state index in [1.165, 1.54) is 7.11 Å². The lowest BCUT2D eigenvalue weighted by atomic mass is 10.1. The van der Waals surface area contributed by atoms with Crippen molar-refractivity contribution in [3.63, 3.8) is 0 Å². The fourth-order valence-corrected chi connectivity index (χ4v) is 2.02. The summed E-state index contributed by atoms with van der Waals surface area (Å²) in [7, 11) is 1.24. The van der Waals surface area contributed by atoms with Gasteiger partial charge in [-0.05, 0) is 5.56 Å². The molecule has 0 saturated carbocycles. The molecule has 2 rings (SSSR count). The number of ether oxygens (including phenoxy) is 1. The molecule has 0 bridgehead atoms. The van der Waals surface area contributed by atoms with Gasteiger partial charge >= 0.3 is 5.97 Å². The first kappa shape index (κ1) is 12.3. The largest absolute Gasteiger partial charge is 0.467 e. The topological polar surface area (TPSA) is 63.7 Å². The van der Waals surface area contributed by atoms with Gasteiger partial charge in [0.25, 0.3) is 0 Å². The Morgan fingerprint density at radius 2 is 1.72 bits per heavy atom. The summed E-state index contributed by atoms with van der Waals surface area (Å²) in [5.74, 6) is -1.27. The summed E-state index contributed by atoms with van der Waals surface area (Å²) in [6.45, 7) is 0. The molecular weight excluding hydrogens is 234 g/mol. The lowest BCUT2D eigenvalue weighted by Crippen LogP contribution is -2.38. The van der Waals surface area contributed by atoms with Gasteiger partial charge in [0.1, 0.15) is 0 Å². The number of imide groups is 1. The third-order valence-corrected chi connectivity index (χ3v) is 2.89. The minimum Gasteiger partial charge on any atom is -0.467 e. The molecule has 1 fully saturated rings. The van der Waals surface area contributed by atoms with E-state index < -0.39 is 12.0 Å². The molecule has 1 aromatic rings. The second-order valence-corrected chi connectivity index (χ2v) is 3.99. The summed E-state index contributed by atoms with van der Waals surface area (Å²) >= 11 is 0. The van der Waals surface area contributed by atoms with Gasteiger partial charge in [-0.25, -0.2) is 4.79 Å². The van der Waals surface area contributed by atoms with Gasteiger partial charge in [-0.1, -0.05) is 30.3 Å². The predicted molar refractivity (Wildman–Crippen MR) is 62.3 cm³/mol. The van der Waals surface area contributed by atoms with Crippen LogP contribution in [0.1, 0.15) is 24.4 Å². The molecule has 0 radical (unpaired) electrons. The molecule has 94 valence electrons. The van der Waals surface area contributed by atoms with Crippen LogP contribution in [0.2, 0.25) is 0 Å². The van der Waals surface area contributed by atoms with E-state index in [1.54, 1.807) is 30.3 Å². The summed E-state index contributed by atoms with van der Waals surface area (Å²) in [6, 6.07) is 7.71. The molecule has 5 heteroatoms. The Kier molecular flexibility index (Phi) is 3.41. The van der Waals surface area contributed by atoms with Crippen molar-refractivity contribution in [2.45, 2.75) is 18.9 Å². The Labute approximate surface area is 104 Å². The van der Waals surface area contributed by atoms with Gasteiger partial charge < -0.3 is 4.74 Å². The van der Waals surface area contributed by atoms with Crippen molar-refractivity contribution >= 4 is 17.8 Å². The van der Waals surface area contributed by atoms with Crippen molar-refractivity contribution in [3.8, 4) is 0 Å². The number of benzene rings is 1. The SMILES string of the molecule is COC(=O)[C@@H](c1ccccc1)N1C(=O)CCC1=O. The van der Waals surface area contributed by atoms with Crippen LogP contribution in [0, 0.1) is 0 Å². The van der Waals surface area contributed by atoms with E-state index in [2.05, 4.69) is 0 Å². The van der Waals surface area contributed by atoms with Crippen LogP contribution in [0.4, 0.5) is 0 Å². The highest BCUT2D eigenvalue weighted by atomic mass is 16.5. The maximum atomic E-state index is 11.8. The van der Waals surface area contributed by atoms with Crippen molar-refractivity contribution < 1.29 is 19.1 Å². The minimum absolute atomic E-state index is 0.152. The van der Waals surface area contributed by atoms with Gasteiger partial charge in [-0.2, -0.15) is 0 Å². The molecule has 1 aliphatic rings. The molecule has 18 heavy (non-hydrogen) atoms. The Bertz CT molecular complexity index is 467. The quantitative estimate of drug-likeness (QED) is 0.591. The van der Waals surface area contributed by atoms with Gasteiger partial charge in [0.2, 0.25) is 11.8 Å². The normalized spacial score (nSPS) is 16.8. The van der Waals surface area contributed by atoms with E-state index in [-0.39, 0.29) is 24.7 Å². The summed E-state index contributed by atoms with van der Waals surface area (Å²) in [5, 5.41) is 0. The Morgan fingerprint density at radius 1 is 1.17 bits per heavy atom. The van der Waals surface area contributed by atoms with Crippen LogP contribution < -0.4 is 0 Å². The van der Waals surface area contributed by atoms with Crippen LogP contribution in [-0.4, -0.2) is 29.8 Å². The zero-order chi connectivity index (χ0) is 13.1. The number of carbonyl (C=O) groups excluding carboxylic acids is 3. The lowest BCUT2D eigenvalue weighted by Gasteiger charge is -2.24. The summed E-state index contributed by atoms with van der Waals surface area (Å²) in [4.78, 5) is 36.3. The molecule has 1 saturated heterocycles. The van der Waals surface area contributed by atoms with Crippen LogP contribution >= 0.6 is 0 Å². The second kappa shape index (κ2) is 5.00. The van der Waals surface area contributed by atoms with Crippen LogP contribution in [0.3, 0.4) is 0 Å². The lowest BCUT2D eigenvalue weighted by molar-refractivity contribution is -0.156. The van der Waals surface area contributed by atoms with Crippen LogP contribution in [0.15, 0.2) is 30.3 Å². The van der Waals surface area contributed by atoms with E-state index in [9.17, 15) is 14.4 Å². The molecule has 1 aromatic carbocycles. The monoisotopic (exact) mass is 247 g/mol. The van der Waals surface area contributed by atoms with Crippen LogP contribution in [0.25, 0.3) is 0 Å². The number of likely N-dealkylation sites (tertiary alicyclic amines) is 1. The molecule has 1 atom stereocenters. The summed E-state index contributed by atoms with van der Waals surface area (Å²) in [5.41, 5.74) is 0.577. The molecule has 0 spiro atoms. The average Bonchev–Trinajstić information content (AvgIpc) is 2.72. The van der Waals surface area contributed by atoms with Crippen molar-refractivity contribution in [3.05, 3.63) is 35.9 Å². The third kappa shape index (κ3) is 2.11. The molecular formula is C13H13NO4. The average molecular weight is 247 g/mol. The number of nitrogens with zero attached hydrogens (tertiary/aromatic N) is 1. The Balaban J connectivity index is 2.40. The van der Waals surface area contributed by atoms with E-state index in [0.29, 0.717) is 5.56 Å². The maximum absolute atomic E-state index is 11.8. The molecule has 1 heterocycles. The first-order valence-electron chi connectivity index (χ1n) is 5.63. The smallest absolute Gasteiger partial charge is 0.333 e. The first-order chi connectivity index (χ1) is 8.65. The molecule has 2 amide bonds. The maximum Gasteiger partial charge on any atom is 0.333 e. The predicted octanol–water partition coefficient (Wildman–Crippen LogP) is 1.05. The zero-order valence-corrected chi connectivity index (χ0v) is 9.96. The van der Waals surface area contributed by atoms with E-state index in [0.717, 1.165) is 4.90 Å². The number of amides is 2. The summed E-state index contributed by atoms with van der Waals surface area (Å²) < 4.78 is 4.69. The van der Waals surface area contributed by atoms with E-state index >= 15 is 0 Å². The molecule has 0 N–H and O–H groups in total. The fourth-order valence-electron chi connectivity index (χ4n) is 2.02. The Hall–Kier alpha value is -2.17. The summed E-state index contributed by atoms with van der Waals surface area (Å²) in [6.07, 6.45) is 0.304. The molecule has 0 aliphatic carbocycles. The highest BCUT2D eigenvalue weighted by Gasteiger charge is 2.40. The zero-order valence-electron chi connectivity index (χ0n) is 9.96. The molecule has 1 aliphatic heterocycles. The highest BCUT2D eigenvalue weighted by molar-refractivity contribution is 6.05.